The van der Waals surface area contributed by atoms with E-state index < -0.39 is 5.43 Å². The van der Waals surface area contributed by atoms with Gasteiger partial charge in [0, 0.05) is 25.2 Å². The third kappa shape index (κ3) is 3.99. The highest BCUT2D eigenvalue weighted by Gasteiger charge is 2.27. The van der Waals surface area contributed by atoms with Gasteiger partial charge in [-0.25, -0.2) is 0 Å². The van der Waals surface area contributed by atoms with Crippen molar-refractivity contribution in [2.24, 2.45) is 0 Å². The van der Waals surface area contributed by atoms with Gasteiger partial charge in [-0.3, -0.25) is 14.4 Å². The summed E-state index contributed by atoms with van der Waals surface area (Å²) in [7, 11) is 0. The van der Waals surface area contributed by atoms with Crippen molar-refractivity contribution in [2.75, 3.05) is 23.3 Å². The van der Waals surface area contributed by atoms with Gasteiger partial charge in [-0.05, 0) is 43.0 Å². The predicted octanol–water partition coefficient (Wildman–Crippen LogP) is 2.99. The summed E-state index contributed by atoms with van der Waals surface area (Å²) in [5.41, 5.74) is 2.68. The minimum atomic E-state index is -0.442. The Labute approximate surface area is 175 Å². The van der Waals surface area contributed by atoms with Gasteiger partial charge in [0.05, 0.1) is 6.04 Å². The summed E-state index contributed by atoms with van der Waals surface area (Å²) in [5.74, 6) is -0.135. The number of benzene rings is 2. The standard InChI is InChI=1S/C24H25N3O3/c1-16(18-7-3-2-4-8-18)26-24(30)19-11-9-17(10-12-19)15-25-20-21(23(29)22(20)28)27-13-5-6-14-27/h2-4,7-12,16,25H,5-6,13-15H2,1H3,(H,26,30). The van der Waals surface area contributed by atoms with Crippen molar-refractivity contribution in [3.63, 3.8) is 0 Å². The van der Waals surface area contributed by atoms with E-state index >= 15 is 0 Å². The molecular weight excluding hydrogens is 378 g/mol. The number of nitrogens with one attached hydrogen (secondary N) is 2. The fraction of sp³-hybridized carbons (Fsp3) is 0.292. The molecule has 0 aromatic heterocycles. The van der Waals surface area contributed by atoms with Crippen molar-refractivity contribution in [1.29, 1.82) is 0 Å². The van der Waals surface area contributed by atoms with Gasteiger partial charge >= 0.3 is 0 Å². The number of rotatable bonds is 7. The van der Waals surface area contributed by atoms with Crippen LogP contribution in [0.1, 0.15) is 47.3 Å². The first-order valence-corrected chi connectivity index (χ1v) is 10.3. The molecule has 0 saturated carbocycles. The Kier molecular flexibility index (Phi) is 5.65. The predicted molar refractivity (Wildman–Crippen MR) is 119 cm³/mol. The highest BCUT2D eigenvalue weighted by Crippen LogP contribution is 2.24. The molecule has 1 unspecified atom stereocenters. The van der Waals surface area contributed by atoms with Crippen LogP contribution in [0.3, 0.4) is 0 Å². The first kappa shape index (κ1) is 19.9. The summed E-state index contributed by atoms with van der Waals surface area (Å²) in [6.07, 6.45) is 2.09. The summed E-state index contributed by atoms with van der Waals surface area (Å²) in [6.45, 7) is 4.03. The molecule has 1 aliphatic heterocycles. The fourth-order valence-electron chi connectivity index (χ4n) is 3.86. The first-order valence-electron chi connectivity index (χ1n) is 10.3. The molecule has 4 rings (SSSR count). The van der Waals surface area contributed by atoms with Gasteiger partial charge < -0.3 is 15.5 Å². The van der Waals surface area contributed by atoms with Crippen molar-refractivity contribution in [3.05, 3.63) is 91.7 Å². The van der Waals surface area contributed by atoms with E-state index in [0.717, 1.165) is 37.1 Å². The first-order chi connectivity index (χ1) is 14.5. The van der Waals surface area contributed by atoms with Crippen LogP contribution in [0.5, 0.6) is 0 Å². The maximum absolute atomic E-state index is 12.5. The zero-order chi connectivity index (χ0) is 21.1. The number of hydrogen-bond acceptors (Lipinski definition) is 5. The number of carbonyl (C=O) groups is 1. The zero-order valence-electron chi connectivity index (χ0n) is 17.0. The smallest absolute Gasteiger partial charge is 0.253 e. The van der Waals surface area contributed by atoms with Crippen LogP contribution in [0.25, 0.3) is 0 Å². The van der Waals surface area contributed by atoms with E-state index in [2.05, 4.69) is 10.6 Å². The SMILES string of the molecule is CC(NC(=O)c1ccc(CNc2c(N3CCCC3)c(=O)c2=O)cc1)c1ccccc1. The molecule has 0 spiro atoms. The summed E-state index contributed by atoms with van der Waals surface area (Å²) in [4.78, 5) is 38.4. The highest BCUT2D eigenvalue weighted by atomic mass is 16.2. The molecule has 6 nitrogen and oxygen atoms in total. The number of amides is 1. The van der Waals surface area contributed by atoms with Crippen LogP contribution in [0.2, 0.25) is 0 Å². The van der Waals surface area contributed by atoms with Gasteiger partial charge in [-0.1, -0.05) is 42.5 Å². The number of nitrogens with zero attached hydrogens (tertiary/aromatic N) is 1. The molecule has 154 valence electrons. The van der Waals surface area contributed by atoms with E-state index in [1.165, 1.54) is 0 Å². The number of anilines is 2. The average Bonchev–Trinajstić information content (AvgIpc) is 3.30. The average molecular weight is 403 g/mol. The van der Waals surface area contributed by atoms with Crippen LogP contribution in [0.4, 0.5) is 11.4 Å². The fourth-order valence-corrected chi connectivity index (χ4v) is 3.86. The van der Waals surface area contributed by atoms with Gasteiger partial charge in [0.1, 0.15) is 11.4 Å². The normalized spacial score (nSPS) is 14.6. The van der Waals surface area contributed by atoms with E-state index in [4.69, 9.17) is 0 Å². The van der Waals surface area contributed by atoms with Gasteiger partial charge in [0.2, 0.25) is 0 Å². The molecule has 1 fully saturated rings. The Hall–Kier alpha value is -3.41. The summed E-state index contributed by atoms with van der Waals surface area (Å²) >= 11 is 0. The largest absolute Gasteiger partial charge is 0.376 e. The second-order valence-corrected chi connectivity index (χ2v) is 7.73. The van der Waals surface area contributed by atoms with Gasteiger partial charge in [0.15, 0.2) is 0 Å². The summed E-state index contributed by atoms with van der Waals surface area (Å²) in [6, 6.07) is 17.0. The third-order valence-corrected chi connectivity index (χ3v) is 5.64. The summed E-state index contributed by atoms with van der Waals surface area (Å²) in [5, 5.41) is 6.11. The monoisotopic (exact) mass is 403 g/mol. The van der Waals surface area contributed by atoms with E-state index in [0.29, 0.717) is 23.5 Å². The van der Waals surface area contributed by atoms with Crippen molar-refractivity contribution in [1.82, 2.24) is 5.32 Å². The molecule has 1 heterocycles. The van der Waals surface area contributed by atoms with Crippen LogP contribution in [0.15, 0.2) is 64.2 Å². The van der Waals surface area contributed by atoms with E-state index in [9.17, 15) is 14.4 Å². The lowest BCUT2D eigenvalue weighted by molar-refractivity contribution is 0.0940. The molecule has 3 aromatic carbocycles. The second-order valence-electron chi connectivity index (χ2n) is 7.73. The minimum absolute atomic E-state index is 0.0850. The van der Waals surface area contributed by atoms with Crippen molar-refractivity contribution < 1.29 is 4.79 Å². The molecule has 2 N–H and O–H groups in total. The van der Waals surface area contributed by atoms with Crippen LogP contribution < -0.4 is 26.4 Å². The van der Waals surface area contributed by atoms with Gasteiger partial charge in [0.25, 0.3) is 16.8 Å². The Morgan fingerprint density at radius 2 is 1.63 bits per heavy atom. The Morgan fingerprint density at radius 1 is 0.967 bits per heavy atom. The summed E-state index contributed by atoms with van der Waals surface area (Å²) < 4.78 is 0. The lowest BCUT2D eigenvalue weighted by Crippen LogP contribution is -2.41. The maximum atomic E-state index is 12.5. The Balaban J connectivity index is 1.36. The van der Waals surface area contributed by atoms with Crippen LogP contribution >= 0.6 is 0 Å². The zero-order valence-corrected chi connectivity index (χ0v) is 17.0. The van der Waals surface area contributed by atoms with E-state index in [1.807, 2.05) is 54.3 Å². The van der Waals surface area contributed by atoms with Crippen molar-refractivity contribution >= 4 is 17.3 Å². The maximum Gasteiger partial charge on any atom is 0.253 e. The molecule has 0 bridgehead atoms. The third-order valence-electron chi connectivity index (χ3n) is 5.64. The van der Waals surface area contributed by atoms with Crippen LogP contribution in [0, 0.1) is 0 Å². The van der Waals surface area contributed by atoms with Crippen LogP contribution in [-0.2, 0) is 6.54 Å². The Morgan fingerprint density at radius 3 is 2.30 bits per heavy atom. The molecule has 0 aliphatic carbocycles. The van der Waals surface area contributed by atoms with Crippen LogP contribution in [-0.4, -0.2) is 19.0 Å². The van der Waals surface area contributed by atoms with E-state index in [-0.39, 0.29) is 17.4 Å². The van der Waals surface area contributed by atoms with Crippen molar-refractivity contribution in [3.8, 4) is 0 Å². The van der Waals surface area contributed by atoms with Gasteiger partial charge in [-0.2, -0.15) is 0 Å². The molecule has 0 radical (unpaired) electrons. The molecule has 1 aliphatic rings. The topological polar surface area (TPSA) is 78.5 Å². The quantitative estimate of drug-likeness (QED) is 0.593. The molecule has 6 heteroatoms. The van der Waals surface area contributed by atoms with Crippen molar-refractivity contribution in [2.45, 2.75) is 32.4 Å². The van der Waals surface area contributed by atoms with Gasteiger partial charge in [-0.15, -0.1) is 0 Å². The molecule has 1 amide bonds. The Bertz CT molecular complexity index is 1090. The number of hydrogen-bond donors (Lipinski definition) is 2. The molecule has 3 aromatic rings. The lowest BCUT2D eigenvalue weighted by Gasteiger charge is -2.22. The lowest BCUT2D eigenvalue weighted by atomic mass is 10.1. The second kappa shape index (κ2) is 8.53. The van der Waals surface area contributed by atoms with E-state index in [1.54, 1.807) is 12.1 Å². The number of carbonyl (C=O) groups excluding carboxylic acids is 1. The minimum Gasteiger partial charge on any atom is -0.376 e. The molecular formula is C24H25N3O3. The molecule has 1 atom stereocenters. The highest BCUT2D eigenvalue weighted by molar-refractivity contribution is 5.94. The molecule has 30 heavy (non-hydrogen) atoms. The molecule has 1 saturated heterocycles.